The van der Waals surface area contributed by atoms with Gasteiger partial charge >= 0.3 is 6.09 Å². The number of carbonyl (C=O) groups excluding carboxylic acids is 1. The topological polar surface area (TPSA) is 45.7 Å². The Hall–Kier alpha value is -1.62. The zero-order valence-electron chi connectivity index (χ0n) is 13.4. The van der Waals surface area contributed by atoms with Gasteiger partial charge in [-0.05, 0) is 44.9 Å². The molecular formula is C16H25N3O2. The molecule has 5 nitrogen and oxygen atoms in total. The van der Waals surface area contributed by atoms with E-state index in [1.165, 1.54) is 11.1 Å². The van der Waals surface area contributed by atoms with Crippen LogP contribution in [0.2, 0.25) is 0 Å². The molecule has 2 rings (SSSR count). The maximum Gasteiger partial charge on any atom is 0.410 e. The first-order valence-corrected chi connectivity index (χ1v) is 7.45. The van der Waals surface area contributed by atoms with Crippen LogP contribution in [0.25, 0.3) is 0 Å². The van der Waals surface area contributed by atoms with E-state index in [0.717, 1.165) is 19.6 Å². The molecule has 1 saturated heterocycles. The number of rotatable bonds is 2. The Morgan fingerprint density at radius 1 is 1.29 bits per heavy atom. The molecule has 0 radical (unpaired) electrons. The average Bonchev–Trinajstić information content (AvgIpc) is 2.40. The van der Waals surface area contributed by atoms with Crippen LogP contribution in [0.4, 0.5) is 4.79 Å². The fourth-order valence-electron chi connectivity index (χ4n) is 2.32. The summed E-state index contributed by atoms with van der Waals surface area (Å²) >= 11 is 0. The number of hydrogen-bond donors (Lipinski definition) is 0. The average molecular weight is 291 g/mol. The summed E-state index contributed by atoms with van der Waals surface area (Å²) < 4.78 is 5.41. The SMILES string of the molecule is Cc1ccncc1CN1CCN(C(=O)OC(C)(C)C)CC1. The fraction of sp³-hybridized carbons (Fsp3) is 0.625. The molecule has 0 saturated carbocycles. The van der Waals surface area contributed by atoms with Gasteiger partial charge in [0.1, 0.15) is 5.60 Å². The third kappa shape index (κ3) is 4.70. The zero-order chi connectivity index (χ0) is 15.5. The van der Waals surface area contributed by atoms with Crippen molar-refractivity contribution in [1.82, 2.24) is 14.8 Å². The van der Waals surface area contributed by atoms with Crippen molar-refractivity contribution in [3.05, 3.63) is 29.6 Å². The van der Waals surface area contributed by atoms with Gasteiger partial charge in [-0.2, -0.15) is 0 Å². The summed E-state index contributed by atoms with van der Waals surface area (Å²) in [5.74, 6) is 0. The molecule has 0 aliphatic carbocycles. The highest BCUT2D eigenvalue weighted by Gasteiger charge is 2.25. The van der Waals surface area contributed by atoms with Gasteiger partial charge in [0.05, 0.1) is 0 Å². The second-order valence-corrected chi connectivity index (χ2v) is 6.55. The Morgan fingerprint density at radius 2 is 1.95 bits per heavy atom. The van der Waals surface area contributed by atoms with Crippen molar-refractivity contribution in [3.63, 3.8) is 0 Å². The lowest BCUT2D eigenvalue weighted by molar-refractivity contribution is 0.0139. The van der Waals surface area contributed by atoms with Gasteiger partial charge in [-0.3, -0.25) is 9.88 Å². The van der Waals surface area contributed by atoms with Crippen molar-refractivity contribution in [1.29, 1.82) is 0 Å². The van der Waals surface area contributed by atoms with Crippen molar-refractivity contribution in [2.45, 2.75) is 39.8 Å². The molecule has 1 fully saturated rings. The van der Waals surface area contributed by atoms with Crippen LogP contribution < -0.4 is 0 Å². The summed E-state index contributed by atoms with van der Waals surface area (Å²) in [5, 5.41) is 0. The molecule has 1 aliphatic heterocycles. The van der Waals surface area contributed by atoms with Gasteiger partial charge in [-0.15, -0.1) is 0 Å². The number of ether oxygens (including phenoxy) is 1. The van der Waals surface area contributed by atoms with E-state index in [2.05, 4.69) is 16.8 Å². The quantitative estimate of drug-likeness (QED) is 0.839. The minimum absolute atomic E-state index is 0.209. The van der Waals surface area contributed by atoms with Crippen LogP contribution in [0, 0.1) is 6.92 Å². The lowest BCUT2D eigenvalue weighted by Crippen LogP contribution is -2.49. The van der Waals surface area contributed by atoms with Crippen LogP contribution in [0.1, 0.15) is 31.9 Å². The molecule has 0 unspecified atom stereocenters. The molecular weight excluding hydrogens is 266 g/mol. The fourth-order valence-corrected chi connectivity index (χ4v) is 2.32. The molecule has 0 bridgehead atoms. The van der Waals surface area contributed by atoms with Gasteiger partial charge in [0.2, 0.25) is 0 Å². The summed E-state index contributed by atoms with van der Waals surface area (Å²) in [5.41, 5.74) is 2.09. The van der Waals surface area contributed by atoms with Gasteiger partial charge < -0.3 is 9.64 Å². The van der Waals surface area contributed by atoms with Crippen molar-refractivity contribution in [2.24, 2.45) is 0 Å². The smallest absolute Gasteiger partial charge is 0.410 e. The third-order valence-electron chi connectivity index (χ3n) is 3.57. The standard InChI is InChI=1S/C16H25N3O2/c1-13-5-6-17-11-14(13)12-18-7-9-19(10-8-18)15(20)21-16(2,3)4/h5-6,11H,7-10,12H2,1-4H3. The van der Waals surface area contributed by atoms with Gasteiger partial charge in [0.25, 0.3) is 0 Å². The molecule has 0 aromatic carbocycles. The molecule has 5 heteroatoms. The highest BCUT2D eigenvalue weighted by molar-refractivity contribution is 5.68. The number of pyridine rings is 1. The predicted molar refractivity (Wildman–Crippen MR) is 82.1 cm³/mol. The van der Waals surface area contributed by atoms with E-state index in [4.69, 9.17) is 4.74 Å². The Balaban J connectivity index is 1.83. The zero-order valence-corrected chi connectivity index (χ0v) is 13.4. The van der Waals surface area contributed by atoms with E-state index in [0.29, 0.717) is 13.1 Å². The Kier molecular flexibility index (Phi) is 4.83. The molecule has 1 aromatic heterocycles. The molecule has 0 N–H and O–H groups in total. The number of aryl methyl sites for hydroxylation is 1. The Bertz CT molecular complexity index is 489. The van der Waals surface area contributed by atoms with Crippen molar-refractivity contribution in [3.8, 4) is 0 Å². The minimum atomic E-state index is -0.430. The van der Waals surface area contributed by atoms with E-state index >= 15 is 0 Å². The van der Waals surface area contributed by atoms with Crippen LogP contribution in [0.5, 0.6) is 0 Å². The van der Waals surface area contributed by atoms with E-state index in [1.54, 1.807) is 4.90 Å². The number of hydrogen-bond acceptors (Lipinski definition) is 4. The van der Waals surface area contributed by atoms with Crippen LogP contribution in [-0.4, -0.2) is 52.7 Å². The van der Waals surface area contributed by atoms with Crippen molar-refractivity contribution in [2.75, 3.05) is 26.2 Å². The van der Waals surface area contributed by atoms with Crippen LogP contribution in [0.15, 0.2) is 18.5 Å². The van der Waals surface area contributed by atoms with Crippen molar-refractivity contribution < 1.29 is 9.53 Å². The largest absolute Gasteiger partial charge is 0.444 e. The highest BCUT2D eigenvalue weighted by Crippen LogP contribution is 2.14. The number of piperazine rings is 1. The molecule has 0 atom stereocenters. The first kappa shape index (κ1) is 15.8. The van der Waals surface area contributed by atoms with Gasteiger partial charge in [0.15, 0.2) is 0 Å². The second-order valence-electron chi connectivity index (χ2n) is 6.55. The van der Waals surface area contributed by atoms with Crippen molar-refractivity contribution >= 4 is 6.09 Å². The second kappa shape index (κ2) is 6.43. The van der Waals surface area contributed by atoms with E-state index in [9.17, 15) is 4.79 Å². The predicted octanol–water partition coefficient (Wildman–Crippen LogP) is 2.44. The normalized spacial score (nSPS) is 16.9. The molecule has 1 aliphatic rings. The molecule has 116 valence electrons. The molecule has 21 heavy (non-hydrogen) atoms. The van der Waals surface area contributed by atoms with Crippen LogP contribution in [0.3, 0.4) is 0 Å². The first-order valence-electron chi connectivity index (χ1n) is 7.45. The van der Waals surface area contributed by atoms with E-state index in [-0.39, 0.29) is 6.09 Å². The van der Waals surface area contributed by atoms with Gasteiger partial charge in [-0.25, -0.2) is 4.79 Å². The third-order valence-corrected chi connectivity index (χ3v) is 3.57. The number of carbonyl (C=O) groups is 1. The summed E-state index contributed by atoms with van der Waals surface area (Å²) in [6.45, 7) is 11.9. The number of aromatic nitrogens is 1. The van der Waals surface area contributed by atoms with Gasteiger partial charge in [0, 0.05) is 45.1 Å². The summed E-state index contributed by atoms with van der Waals surface area (Å²) in [6, 6.07) is 2.03. The summed E-state index contributed by atoms with van der Waals surface area (Å²) in [4.78, 5) is 20.3. The maximum atomic E-state index is 12.0. The number of nitrogens with zero attached hydrogens (tertiary/aromatic N) is 3. The monoisotopic (exact) mass is 291 g/mol. The molecule has 1 amide bonds. The summed E-state index contributed by atoms with van der Waals surface area (Å²) in [6.07, 6.45) is 3.54. The lowest BCUT2D eigenvalue weighted by Gasteiger charge is -2.35. The van der Waals surface area contributed by atoms with E-state index in [1.807, 2.05) is 39.2 Å². The van der Waals surface area contributed by atoms with Crippen LogP contribution in [-0.2, 0) is 11.3 Å². The highest BCUT2D eigenvalue weighted by atomic mass is 16.6. The number of amides is 1. The van der Waals surface area contributed by atoms with E-state index < -0.39 is 5.60 Å². The first-order chi connectivity index (χ1) is 9.85. The lowest BCUT2D eigenvalue weighted by atomic mass is 10.1. The Labute approximate surface area is 126 Å². The van der Waals surface area contributed by atoms with Crippen LogP contribution >= 0.6 is 0 Å². The maximum absolute atomic E-state index is 12.0. The molecule has 0 spiro atoms. The van der Waals surface area contributed by atoms with Gasteiger partial charge in [-0.1, -0.05) is 0 Å². The summed E-state index contributed by atoms with van der Waals surface area (Å²) in [7, 11) is 0. The minimum Gasteiger partial charge on any atom is -0.444 e. The molecule has 2 heterocycles. The molecule has 1 aromatic rings. The Morgan fingerprint density at radius 3 is 2.52 bits per heavy atom.